The Balaban J connectivity index is 4.32. The molecule has 0 aliphatic carbocycles. The second-order valence-electron chi connectivity index (χ2n) is 23.4. The summed E-state index contributed by atoms with van der Waals surface area (Å²) in [7, 11) is 0. The van der Waals surface area contributed by atoms with E-state index in [-0.39, 0.29) is 31.1 Å². The Morgan fingerprint density at radius 3 is 0.778 bits per heavy atom. The van der Waals surface area contributed by atoms with E-state index in [2.05, 4.69) is 106 Å². The molecule has 0 radical (unpaired) electrons. The second-order valence-corrected chi connectivity index (χ2v) is 23.4. The molecule has 0 aromatic rings. The molecule has 0 aromatic carbocycles. The summed E-state index contributed by atoms with van der Waals surface area (Å²) in [6.07, 6.45) is 91.8. The standard InChI is InChI=1S/C75H132O6/c1-4-7-10-13-16-19-22-25-28-30-32-34-35-36-37-38-39-41-42-44-47-50-53-56-59-62-65-68-74(77)80-71-72(70-79-73(76)67-64-61-58-55-52-49-46-27-24-21-18-15-12-9-6-3)81-75(78)69-66-63-60-57-54-51-48-45-43-40-33-31-29-26-23-20-17-14-11-8-5-2/h9,12,18,21-22,25,27,30,32,35-36,46,52,55,72H,4-8,10-11,13-17,19-20,23-24,26,28-29,31,33-34,37-45,47-51,53-54,56-71H2,1-3H3/b12-9-,21-18-,25-22-,32-30-,36-35-,46-27-,55-52-. The molecule has 6 nitrogen and oxygen atoms in total. The van der Waals surface area contributed by atoms with Gasteiger partial charge in [-0.25, -0.2) is 0 Å². The van der Waals surface area contributed by atoms with Crippen LogP contribution in [0.1, 0.15) is 355 Å². The van der Waals surface area contributed by atoms with Crippen molar-refractivity contribution in [3.05, 3.63) is 85.1 Å². The lowest BCUT2D eigenvalue weighted by Gasteiger charge is -2.18. The number of ether oxygens (including phenoxy) is 3. The van der Waals surface area contributed by atoms with Crippen LogP contribution in [0.25, 0.3) is 0 Å². The average molecular weight is 1130 g/mol. The zero-order valence-electron chi connectivity index (χ0n) is 53.8. The van der Waals surface area contributed by atoms with Gasteiger partial charge in [0.25, 0.3) is 0 Å². The zero-order valence-corrected chi connectivity index (χ0v) is 53.8. The third-order valence-electron chi connectivity index (χ3n) is 15.4. The zero-order chi connectivity index (χ0) is 58.5. The molecular formula is C75H132O6. The van der Waals surface area contributed by atoms with Gasteiger partial charge in [0, 0.05) is 19.3 Å². The SMILES string of the molecule is CC/C=C\C/C=C\C/C=C\C/C=C\CCCCC(=O)OCC(COC(=O)CCCCCCCCCCCCCC/C=C\C/C=C\C/C=C\CCCCCCC)OC(=O)CCCCCCCCCCCCCCCCCCCCCCC. The van der Waals surface area contributed by atoms with Crippen molar-refractivity contribution in [3.8, 4) is 0 Å². The summed E-state index contributed by atoms with van der Waals surface area (Å²) in [6.45, 7) is 6.53. The number of carbonyl (C=O) groups is 3. The molecule has 1 unspecified atom stereocenters. The summed E-state index contributed by atoms with van der Waals surface area (Å²) in [6, 6.07) is 0. The smallest absolute Gasteiger partial charge is 0.306 e. The average Bonchev–Trinajstić information content (AvgIpc) is 3.47. The molecule has 0 bridgehead atoms. The quantitative estimate of drug-likeness (QED) is 0.0261. The predicted octanol–water partition coefficient (Wildman–Crippen LogP) is 24.2. The molecule has 0 spiro atoms. The molecule has 0 aliphatic rings. The van der Waals surface area contributed by atoms with Crippen molar-refractivity contribution in [1.29, 1.82) is 0 Å². The van der Waals surface area contributed by atoms with Crippen LogP contribution < -0.4 is 0 Å². The van der Waals surface area contributed by atoms with Gasteiger partial charge in [-0.1, -0.05) is 324 Å². The summed E-state index contributed by atoms with van der Waals surface area (Å²) in [5.41, 5.74) is 0. The highest BCUT2D eigenvalue weighted by molar-refractivity contribution is 5.71. The fourth-order valence-corrected chi connectivity index (χ4v) is 10.2. The monoisotopic (exact) mass is 1130 g/mol. The molecular weight excluding hydrogens is 997 g/mol. The van der Waals surface area contributed by atoms with Gasteiger partial charge in [0.2, 0.25) is 0 Å². The number of hydrogen-bond acceptors (Lipinski definition) is 6. The van der Waals surface area contributed by atoms with Crippen LogP contribution in [-0.2, 0) is 28.6 Å². The van der Waals surface area contributed by atoms with Crippen LogP contribution in [0.4, 0.5) is 0 Å². The Morgan fingerprint density at radius 1 is 0.259 bits per heavy atom. The van der Waals surface area contributed by atoms with Gasteiger partial charge < -0.3 is 14.2 Å². The molecule has 468 valence electrons. The van der Waals surface area contributed by atoms with Crippen molar-refractivity contribution in [2.45, 2.75) is 361 Å². The van der Waals surface area contributed by atoms with Crippen LogP contribution in [-0.4, -0.2) is 37.2 Å². The van der Waals surface area contributed by atoms with E-state index in [1.807, 2.05) is 0 Å². The minimum atomic E-state index is -0.795. The molecule has 0 fully saturated rings. The van der Waals surface area contributed by atoms with Crippen LogP contribution in [0.15, 0.2) is 85.1 Å². The number of carbonyl (C=O) groups excluding carboxylic acids is 3. The molecule has 0 heterocycles. The first-order valence-corrected chi connectivity index (χ1v) is 35.1. The van der Waals surface area contributed by atoms with Gasteiger partial charge >= 0.3 is 17.9 Å². The highest BCUT2D eigenvalue weighted by atomic mass is 16.6. The summed E-state index contributed by atoms with van der Waals surface area (Å²) < 4.78 is 17.0. The van der Waals surface area contributed by atoms with Gasteiger partial charge in [0.1, 0.15) is 13.2 Å². The van der Waals surface area contributed by atoms with Crippen molar-refractivity contribution in [3.63, 3.8) is 0 Å². The highest BCUT2D eigenvalue weighted by Crippen LogP contribution is 2.18. The highest BCUT2D eigenvalue weighted by Gasteiger charge is 2.19. The van der Waals surface area contributed by atoms with Crippen molar-refractivity contribution in [2.75, 3.05) is 13.2 Å². The van der Waals surface area contributed by atoms with E-state index in [0.717, 1.165) is 96.3 Å². The summed E-state index contributed by atoms with van der Waals surface area (Å²) in [5, 5.41) is 0. The lowest BCUT2D eigenvalue weighted by Crippen LogP contribution is -2.30. The van der Waals surface area contributed by atoms with E-state index in [1.165, 1.54) is 218 Å². The molecule has 0 rings (SSSR count). The van der Waals surface area contributed by atoms with E-state index in [0.29, 0.717) is 19.3 Å². The van der Waals surface area contributed by atoms with Crippen LogP contribution in [0.2, 0.25) is 0 Å². The van der Waals surface area contributed by atoms with Crippen molar-refractivity contribution < 1.29 is 28.6 Å². The van der Waals surface area contributed by atoms with Gasteiger partial charge in [-0.05, 0) is 96.3 Å². The number of esters is 3. The van der Waals surface area contributed by atoms with E-state index in [4.69, 9.17) is 14.2 Å². The summed E-state index contributed by atoms with van der Waals surface area (Å²) in [5.74, 6) is -0.913. The van der Waals surface area contributed by atoms with Crippen LogP contribution in [0, 0.1) is 0 Å². The Morgan fingerprint density at radius 2 is 0.481 bits per heavy atom. The van der Waals surface area contributed by atoms with Gasteiger partial charge in [0.05, 0.1) is 0 Å². The summed E-state index contributed by atoms with van der Waals surface area (Å²) >= 11 is 0. The normalized spacial score (nSPS) is 12.6. The summed E-state index contributed by atoms with van der Waals surface area (Å²) in [4.78, 5) is 38.4. The molecule has 81 heavy (non-hydrogen) atoms. The topological polar surface area (TPSA) is 78.9 Å². The van der Waals surface area contributed by atoms with E-state index < -0.39 is 6.10 Å². The lowest BCUT2D eigenvalue weighted by atomic mass is 10.0. The third kappa shape index (κ3) is 67.3. The Hall–Kier alpha value is -3.41. The van der Waals surface area contributed by atoms with E-state index in [1.54, 1.807) is 0 Å². The maximum absolute atomic E-state index is 13.0. The van der Waals surface area contributed by atoms with Gasteiger partial charge in [-0.15, -0.1) is 0 Å². The van der Waals surface area contributed by atoms with Crippen LogP contribution in [0.3, 0.4) is 0 Å². The minimum Gasteiger partial charge on any atom is -0.462 e. The van der Waals surface area contributed by atoms with Crippen LogP contribution >= 0.6 is 0 Å². The van der Waals surface area contributed by atoms with Crippen molar-refractivity contribution in [2.24, 2.45) is 0 Å². The first-order chi connectivity index (χ1) is 40.0. The molecule has 0 amide bonds. The molecule has 0 N–H and O–H groups in total. The second kappa shape index (κ2) is 69.1. The molecule has 1 atom stereocenters. The van der Waals surface area contributed by atoms with Crippen molar-refractivity contribution >= 4 is 17.9 Å². The molecule has 6 heteroatoms. The Bertz CT molecular complexity index is 1530. The number of unbranched alkanes of at least 4 members (excludes halogenated alkanes) is 39. The maximum atomic E-state index is 13.0. The van der Waals surface area contributed by atoms with E-state index >= 15 is 0 Å². The van der Waals surface area contributed by atoms with Gasteiger partial charge in [-0.3, -0.25) is 14.4 Å². The maximum Gasteiger partial charge on any atom is 0.306 e. The largest absolute Gasteiger partial charge is 0.462 e. The van der Waals surface area contributed by atoms with E-state index in [9.17, 15) is 14.4 Å². The Labute approximate surface area is 503 Å². The molecule has 0 saturated heterocycles. The van der Waals surface area contributed by atoms with Gasteiger partial charge in [-0.2, -0.15) is 0 Å². The number of rotatable bonds is 64. The molecule has 0 aliphatic heterocycles. The van der Waals surface area contributed by atoms with Crippen molar-refractivity contribution in [1.82, 2.24) is 0 Å². The fourth-order valence-electron chi connectivity index (χ4n) is 10.2. The van der Waals surface area contributed by atoms with Crippen LogP contribution in [0.5, 0.6) is 0 Å². The lowest BCUT2D eigenvalue weighted by molar-refractivity contribution is -0.167. The first-order valence-electron chi connectivity index (χ1n) is 35.1. The first kappa shape index (κ1) is 77.6. The minimum absolute atomic E-state index is 0.0876. The van der Waals surface area contributed by atoms with Gasteiger partial charge in [0.15, 0.2) is 6.10 Å². The Kier molecular flexibility index (Phi) is 66.2. The predicted molar refractivity (Wildman–Crippen MR) is 353 cm³/mol. The molecule has 0 aromatic heterocycles. The third-order valence-corrected chi connectivity index (χ3v) is 15.4. The molecule has 0 saturated carbocycles. The number of hydrogen-bond donors (Lipinski definition) is 0. The fraction of sp³-hybridized carbons (Fsp3) is 0.773. The number of allylic oxidation sites excluding steroid dienone is 14.